The third-order valence-electron chi connectivity index (χ3n) is 6.67. The van der Waals surface area contributed by atoms with Crippen molar-refractivity contribution in [3.8, 4) is 5.00 Å². The fraction of sp³-hybridized carbons (Fsp3) is 0.241. The lowest BCUT2D eigenvalue weighted by Crippen LogP contribution is -2.17. The lowest BCUT2D eigenvalue weighted by atomic mass is 9.95. The summed E-state index contributed by atoms with van der Waals surface area (Å²) in [5.41, 5.74) is 9.78. The Balaban J connectivity index is 1.46. The standard InChI is InChI=1S/C29H29N5O2S/c1-18-8-10-23(11-9-18)32-28(36)26-24-6-4-5-7-25(24)37-29(26)34-19(2)16-22(20(34)3)17-31-33-27(35)21-12-14-30-15-13-21/h8-17H,4-7H2,1-3H3,(H,32,36)(H,33,35)/b31-17-. The molecule has 0 atom stereocenters. The van der Waals surface area contributed by atoms with Crippen LogP contribution >= 0.6 is 11.3 Å². The maximum Gasteiger partial charge on any atom is 0.271 e. The summed E-state index contributed by atoms with van der Waals surface area (Å²) in [6.45, 7) is 6.07. The van der Waals surface area contributed by atoms with E-state index in [0.717, 1.165) is 64.4 Å². The van der Waals surface area contributed by atoms with E-state index >= 15 is 0 Å². The van der Waals surface area contributed by atoms with Crippen LogP contribution in [0.2, 0.25) is 0 Å². The lowest BCUT2D eigenvalue weighted by Gasteiger charge is -2.14. The number of rotatable bonds is 6. The first-order valence-electron chi connectivity index (χ1n) is 12.4. The Hall–Kier alpha value is -4.04. The summed E-state index contributed by atoms with van der Waals surface area (Å²) in [4.78, 5) is 31.2. The smallest absolute Gasteiger partial charge is 0.271 e. The van der Waals surface area contributed by atoms with E-state index in [2.05, 4.69) is 25.4 Å². The number of nitrogens with zero attached hydrogens (tertiary/aromatic N) is 3. The van der Waals surface area contributed by atoms with E-state index in [1.165, 1.54) is 10.4 Å². The van der Waals surface area contributed by atoms with Gasteiger partial charge in [-0.15, -0.1) is 11.3 Å². The number of hydrazone groups is 1. The third kappa shape index (κ3) is 5.11. The van der Waals surface area contributed by atoms with Gasteiger partial charge in [0.05, 0.1) is 11.8 Å². The summed E-state index contributed by atoms with van der Waals surface area (Å²) >= 11 is 1.71. The number of aromatic nitrogens is 2. The molecule has 0 unspecified atom stereocenters. The molecule has 0 aliphatic heterocycles. The van der Waals surface area contributed by atoms with Crippen LogP contribution in [-0.2, 0) is 12.8 Å². The number of amides is 2. The predicted octanol–water partition coefficient (Wildman–Crippen LogP) is 5.75. The van der Waals surface area contributed by atoms with Crippen LogP contribution < -0.4 is 10.7 Å². The second kappa shape index (κ2) is 10.5. The maximum absolute atomic E-state index is 13.6. The molecule has 0 spiro atoms. The fourth-order valence-electron chi connectivity index (χ4n) is 4.73. The zero-order valence-corrected chi connectivity index (χ0v) is 22.0. The van der Waals surface area contributed by atoms with Crippen molar-refractivity contribution in [1.82, 2.24) is 15.0 Å². The van der Waals surface area contributed by atoms with Gasteiger partial charge < -0.3 is 9.88 Å². The second-order valence-electron chi connectivity index (χ2n) is 9.31. The number of thiophene rings is 1. The number of benzene rings is 1. The van der Waals surface area contributed by atoms with Crippen molar-refractivity contribution in [1.29, 1.82) is 0 Å². The number of hydrogen-bond acceptors (Lipinski definition) is 5. The van der Waals surface area contributed by atoms with Gasteiger partial charge in [-0.3, -0.25) is 14.6 Å². The number of fused-ring (bicyclic) bond motifs is 1. The molecule has 1 aromatic carbocycles. The highest BCUT2D eigenvalue weighted by atomic mass is 32.1. The van der Waals surface area contributed by atoms with Crippen LogP contribution in [0.4, 0.5) is 5.69 Å². The molecule has 0 bridgehead atoms. The zero-order valence-electron chi connectivity index (χ0n) is 21.2. The summed E-state index contributed by atoms with van der Waals surface area (Å²) < 4.78 is 2.14. The summed E-state index contributed by atoms with van der Waals surface area (Å²) in [5.74, 6) is -0.376. The first-order chi connectivity index (χ1) is 17.9. The molecule has 0 saturated heterocycles. The number of aryl methyl sites for hydroxylation is 3. The lowest BCUT2D eigenvalue weighted by molar-refractivity contribution is 0.0954. The molecule has 0 fully saturated rings. The van der Waals surface area contributed by atoms with E-state index in [1.54, 1.807) is 42.1 Å². The van der Waals surface area contributed by atoms with E-state index in [-0.39, 0.29) is 11.8 Å². The van der Waals surface area contributed by atoms with Crippen molar-refractivity contribution in [2.45, 2.75) is 46.5 Å². The van der Waals surface area contributed by atoms with E-state index < -0.39 is 0 Å². The molecule has 3 heterocycles. The van der Waals surface area contributed by atoms with Crippen molar-refractivity contribution in [3.05, 3.63) is 98.9 Å². The highest BCUT2D eigenvalue weighted by molar-refractivity contribution is 7.15. The molecule has 4 aromatic rings. The monoisotopic (exact) mass is 511 g/mol. The Bertz CT molecular complexity index is 1480. The van der Waals surface area contributed by atoms with Crippen molar-refractivity contribution in [2.75, 3.05) is 5.32 Å². The second-order valence-corrected chi connectivity index (χ2v) is 10.4. The van der Waals surface area contributed by atoms with Gasteiger partial charge in [0.2, 0.25) is 0 Å². The zero-order chi connectivity index (χ0) is 25.9. The number of carbonyl (C=O) groups is 2. The number of pyridine rings is 1. The molecule has 2 amide bonds. The highest BCUT2D eigenvalue weighted by Gasteiger charge is 2.28. The molecular formula is C29H29N5O2S. The van der Waals surface area contributed by atoms with Crippen molar-refractivity contribution in [2.24, 2.45) is 5.10 Å². The Labute approximate surface area is 220 Å². The highest BCUT2D eigenvalue weighted by Crippen LogP contribution is 2.39. The number of nitrogens with one attached hydrogen (secondary N) is 2. The molecule has 3 aromatic heterocycles. The van der Waals surface area contributed by atoms with Gasteiger partial charge in [0, 0.05) is 45.5 Å². The quantitative estimate of drug-likeness (QED) is 0.255. The van der Waals surface area contributed by atoms with Gasteiger partial charge >= 0.3 is 0 Å². The van der Waals surface area contributed by atoms with E-state index in [9.17, 15) is 9.59 Å². The number of hydrogen-bond donors (Lipinski definition) is 2. The molecular weight excluding hydrogens is 482 g/mol. The summed E-state index contributed by atoms with van der Waals surface area (Å²) in [6.07, 6.45) is 8.94. The molecule has 37 heavy (non-hydrogen) atoms. The minimum atomic E-state index is -0.298. The number of carbonyl (C=O) groups excluding carboxylic acids is 2. The van der Waals surface area contributed by atoms with E-state index in [0.29, 0.717) is 5.56 Å². The Morgan fingerprint density at radius 3 is 2.49 bits per heavy atom. The first kappa shape index (κ1) is 24.6. The predicted molar refractivity (Wildman–Crippen MR) is 148 cm³/mol. The van der Waals surface area contributed by atoms with Crippen LogP contribution in [0, 0.1) is 20.8 Å². The van der Waals surface area contributed by atoms with Gasteiger partial charge in [0.1, 0.15) is 5.00 Å². The Morgan fingerprint density at radius 1 is 1.00 bits per heavy atom. The van der Waals surface area contributed by atoms with Gasteiger partial charge in [0.15, 0.2) is 0 Å². The van der Waals surface area contributed by atoms with Crippen LogP contribution in [-0.4, -0.2) is 27.6 Å². The molecule has 5 rings (SSSR count). The Morgan fingerprint density at radius 2 is 1.73 bits per heavy atom. The molecule has 0 saturated carbocycles. The average molecular weight is 512 g/mol. The molecule has 1 aliphatic rings. The van der Waals surface area contributed by atoms with Crippen molar-refractivity contribution >= 4 is 35.1 Å². The van der Waals surface area contributed by atoms with Gasteiger partial charge in [-0.05, 0) is 82.3 Å². The van der Waals surface area contributed by atoms with Gasteiger partial charge in [-0.2, -0.15) is 5.10 Å². The molecule has 8 heteroatoms. The molecule has 7 nitrogen and oxygen atoms in total. The topological polar surface area (TPSA) is 88.4 Å². The molecule has 2 N–H and O–H groups in total. The molecule has 0 radical (unpaired) electrons. The summed E-state index contributed by atoms with van der Waals surface area (Å²) in [6, 6.07) is 13.2. The first-order valence-corrected chi connectivity index (χ1v) is 13.2. The molecule has 1 aliphatic carbocycles. The average Bonchev–Trinajstić information content (AvgIpc) is 3.41. The van der Waals surface area contributed by atoms with Crippen LogP contribution in [0.1, 0.15) is 66.5 Å². The maximum atomic E-state index is 13.6. The van der Waals surface area contributed by atoms with Crippen LogP contribution in [0.5, 0.6) is 0 Å². The van der Waals surface area contributed by atoms with Gasteiger partial charge in [-0.1, -0.05) is 17.7 Å². The normalized spacial score (nSPS) is 12.9. The van der Waals surface area contributed by atoms with Crippen molar-refractivity contribution < 1.29 is 9.59 Å². The van der Waals surface area contributed by atoms with E-state index in [4.69, 9.17) is 0 Å². The SMILES string of the molecule is Cc1ccc(NC(=O)c2c(-n3c(C)cc(/C=N\NC(=O)c4ccncc4)c3C)sc3c2CCCC3)cc1. The van der Waals surface area contributed by atoms with Gasteiger partial charge in [-0.25, -0.2) is 5.43 Å². The van der Waals surface area contributed by atoms with E-state index in [1.807, 2.05) is 51.1 Å². The fourth-order valence-corrected chi connectivity index (χ4v) is 6.23. The summed E-state index contributed by atoms with van der Waals surface area (Å²) in [5, 5.41) is 8.23. The Kier molecular flexibility index (Phi) is 7.01. The van der Waals surface area contributed by atoms with Gasteiger partial charge in [0.25, 0.3) is 11.8 Å². The van der Waals surface area contributed by atoms with Crippen LogP contribution in [0.3, 0.4) is 0 Å². The van der Waals surface area contributed by atoms with Crippen LogP contribution in [0.15, 0.2) is 60.0 Å². The third-order valence-corrected chi connectivity index (χ3v) is 7.95. The summed E-state index contributed by atoms with van der Waals surface area (Å²) in [7, 11) is 0. The van der Waals surface area contributed by atoms with Crippen molar-refractivity contribution in [3.63, 3.8) is 0 Å². The minimum Gasteiger partial charge on any atom is -0.322 e. The largest absolute Gasteiger partial charge is 0.322 e. The minimum absolute atomic E-state index is 0.0782. The molecule has 188 valence electrons. The van der Waals surface area contributed by atoms with Crippen LogP contribution in [0.25, 0.3) is 5.00 Å². The number of anilines is 1.